The van der Waals surface area contributed by atoms with E-state index in [1.54, 1.807) is 10.7 Å². The quantitative estimate of drug-likeness (QED) is 0.730. The fraction of sp³-hybridized carbons (Fsp3) is 0.333. The molecule has 0 unspecified atom stereocenters. The van der Waals surface area contributed by atoms with Gasteiger partial charge in [-0.1, -0.05) is 36.8 Å². The first-order valence-corrected chi connectivity index (χ1v) is 7.99. The van der Waals surface area contributed by atoms with Crippen molar-refractivity contribution in [3.8, 4) is 0 Å². The number of nitrogens with zero attached hydrogens (tertiary/aromatic N) is 4. The molecule has 1 aromatic carbocycles. The smallest absolute Gasteiger partial charge is 0.252 e. The van der Waals surface area contributed by atoms with Gasteiger partial charge in [0.05, 0.1) is 11.3 Å². The molecular formula is C18H18N4O. The Morgan fingerprint density at radius 3 is 2.91 bits per heavy atom. The van der Waals surface area contributed by atoms with Crippen molar-refractivity contribution in [1.29, 1.82) is 0 Å². The van der Waals surface area contributed by atoms with Crippen LogP contribution in [-0.4, -0.2) is 25.4 Å². The number of hydrogen-bond donors (Lipinski definition) is 0. The molecule has 0 saturated heterocycles. The number of rotatable bonds is 2. The van der Waals surface area contributed by atoms with E-state index in [-0.39, 0.29) is 11.7 Å². The topological polar surface area (TPSA) is 60.1 Å². The van der Waals surface area contributed by atoms with E-state index in [2.05, 4.69) is 40.2 Å². The molecule has 5 nitrogen and oxygen atoms in total. The molecule has 0 fully saturated rings. The zero-order valence-electron chi connectivity index (χ0n) is 13.3. The minimum absolute atomic E-state index is 0.140. The van der Waals surface area contributed by atoms with E-state index >= 15 is 0 Å². The molecular weight excluding hydrogens is 288 g/mol. The summed E-state index contributed by atoms with van der Waals surface area (Å²) in [6, 6.07) is 8.38. The molecule has 0 aliphatic heterocycles. The Morgan fingerprint density at radius 2 is 2.13 bits per heavy atom. The summed E-state index contributed by atoms with van der Waals surface area (Å²) in [6.07, 6.45) is 3.85. The lowest BCUT2D eigenvalue weighted by Crippen LogP contribution is -2.21. The van der Waals surface area contributed by atoms with E-state index in [4.69, 9.17) is 0 Å². The van der Waals surface area contributed by atoms with Gasteiger partial charge in [-0.3, -0.25) is 4.79 Å². The summed E-state index contributed by atoms with van der Waals surface area (Å²) in [4.78, 5) is 21.6. The molecule has 3 aromatic rings. The van der Waals surface area contributed by atoms with Gasteiger partial charge < -0.3 is 0 Å². The Hall–Kier alpha value is -2.56. The van der Waals surface area contributed by atoms with Crippen molar-refractivity contribution in [2.24, 2.45) is 0 Å². The third kappa shape index (κ3) is 2.42. The van der Waals surface area contributed by atoms with Gasteiger partial charge in [0.25, 0.3) is 5.78 Å². The summed E-state index contributed by atoms with van der Waals surface area (Å²) < 4.78 is 1.63. The molecule has 4 rings (SSSR count). The highest BCUT2D eigenvalue weighted by Crippen LogP contribution is 2.32. The molecule has 2 aromatic heterocycles. The van der Waals surface area contributed by atoms with Crippen LogP contribution < -0.4 is 0 Å². The Labute approximate surface area is 134 Å². The number of aromatic nitrogens is 4. The van der Waals surface area contributed by atoms with Crippen molar-refractivity contribution in [2.75, 3.05) is 0 Å². The zero-order chi connectivity index (χ0) is 16.0. The number of benzene rings is 1. The van der Waals surface area contributed by atoms with Crippen molar-refractivity contribution in [3.05, 3.63) is 58.7 Å². The number of hydrogen-bond acceptors (Lipinski definition) is 4. The van der Waals surface area contributed by atoms with Gasteiger partial charge in [-0.05, 0) is 24.8 Å². The molecule has 0 N–H and O–H groups in total. The monoisotopic (exact) mass is 306 g/mol. The third-order valence-electron chi connectivity index (χ3n) is 4.46. The predicted octanol–water partition coefficient (Wildman–Crippen LogP) is 2.91. The summed E-state index contributed by atoms with van der Waals surface area (Å²) in [6.45, 7) is 4.08. The number of ketones is 1. The van der Waals surface area contributed by atoms with Crippen molar-refractivity contribution in [1.82, 2.24) is 19.6 Å². The first-order valence-electron chi connectivity index (χ1n) is 7.99. The molecule has 5 heteroatoms. The first-order chi connectivity index (χ1) is 11.1. The van der Waals surface area contributed by atoms with E-state index in [0.717, 1.165) is 24.4 Å². The molecule has 0 spiro atoms. The van der Waals surface area contributed by atoms with E-state index in [1.807, 2.05) is 13.0 Å². The van der Waals surface area contributed by atoms with Crippen LogP contribution in [0.25, 0.3) is 5.78 Å². The molecule has 2 heterocycles. The van der Waals surface area contributed by atoms with Crippen LogP contribution >= 0.6 is 0 Å². The van der Waals surface area contributed by atoms with Gasteiger partial charge in [-0.2, -0.15) is 4.98 Å². The Balaban J connectivity index is 1.77. The molecule has 0 saturated carbocycles. The summed E-state index contributed by atoms with van der Waals surface area (Å²) in [5, 5.41) is 4.35. The van der Waals surface area contributed by atoms with Gasteiger partial charge in [0.15, 0.2) is 11.6 Å². The maximum atomic E-state index is 12.6. The Bertz CT molecular complexity index is 913. The van der Waals surface area contributed by atoms with Crippen LogP contribution in [0, 0.1) is 6.92 Å². The molecule has 1 aliphatic rings. The largest absolute Gasteiger partial charge is 0.294 e. The first kappa shape index (κ1) is 14.1. The molecule has 0 amide bonds. The number of Topliss-reactive ketones (excluding diaryl/α,β-unsaturated/α-hetero) is 1. The maximum Gasteiger partial charge on any atom is 0.252 e. The lowest BCUT2D eigenvalue weighted by molar-refractivity contribution is 0.0962. The van der Waals surface area contributed by atoms with Crippen LogP contribution in [0.5, 0.6) is 0 Å². The fourth-order valence-electron chi connectivity index (χ4n) is 3.24. The van der Waals surface area contributed by atoms with Gasteiger partial charge in [0.1, 0.15) is 0 Å². The van der Waals surface area contributed by atoms with E-state index in [1.165, 1.54) is 11.1 Å². The highest BCUT2D eigenvalue weighted by molar-refractivity contribution is 5.98. The second-order valence-corrected chi connectivity index (χ2v) is 6.17. The molecule has 116 valence electrons. The van der Waals surface area contributed by atoms with E-state index < -0.39 is 0 Å². The average Bonchev–Trinajstić information content (AvgIpc) is 2.95. The van der Waals surface area contributed by atoms with Gasteiger partial charge in [0.2, 0.25) is 0 Å². The van der Waals surface area contributed by atoms with Crippen LogP contribution in [0.15, 0.2) is 30.5 Å². The minimum Gasteiger partial charge on any atom is -0.294 e. The Morgan fingerprint density at radius 1 is 1.26 bits per heavy atom. The van der Waals surface area contributed by atoms with Crippen LogP contribution in [0.3, 0.4) is 0 Å². The van der Waals surface area contributed by atoms with Crippen molar-refractivity contribution >= 4 is 11.6 Å². The Kier molecular flexibility index (Phi) is 3.22. The van der Waals surface area contributed by atoms with E-state index in [9.17, 15) is 4.79 Å². The van der Waals surface area contributed by atoms with Gasteiger partial charge in [0, 0.05) is 19.0 Å². The van der Waals surface area contributed by atoms with Crippen LogP contribution in [0.1, 0.15) is 52.3 Å². The highest BCUT2D eigenvalue weighted by Gasteiger charge is 2.28. The maximum absolute atomic E-state index is 12.6. The summed E-state index contributed by atoms with van der Waals surface area (Å²) >= 11 is 0. The summed E-state index contributed by atoms with van der Waals surface area (Å²) in [7, 11) is 0. The van der Waals surface area contributed by atoms with Crippen LogP contribution in [0.4, 0.5) is 0 Å². The van der Waals surface area contributed by atoms with Crippen molar-refractivity contribution in [2.45, 2.75) is 39.0 Å². The second-order valence-electron chi connectivity index (χ2n) is 6.17. The number of aryl methyl sites for hydroxylation is 2. The lowest BCUT2D eigenvalue weighted by atomic mass is 9.82. The number of carbonyl (C=O) groups excluding carboxylic acids is 1. The van der Waals surface area contributed by atoms with E-state index in [0.29, 0.717) is 17.8 Å². The molecule has 0 bridgehead atoms. The van der Waals surface area contributed by atoms with Crippen LogP contribution in [0.2, 0.25) is 0 Å². The molecule has 1 atom stereocenters. The van der Waals surface area contributed by atoms with Gasteiger partial charge in [-0.25, -0.2) is 9.50 Å². The van der Waals surface area contributed by atoms with Gasteiger partial charge in [-0.15, -0.1) is 5.10 Å². The lowest BCUT2D eigenvalue weighted by Gasteiger charge is -2.23. The SMILES string of the molecule is CCc1nc2nc3c(cn2n1)C(=O)C[C@H](c1cccc(C)c1)C3. The number of fused-ring (bicyclic) bond motifs is 2. The standard InChI is InChI=1S/C18H18N4O/c1-3-17-20-18-19-15-8-13(12-6-4-5-11(2)7-12)9-16(23)14(15)10-22(18)21-17/h4-7,10,13H,3,8-9H2,1-2H3/t13-/m1/s1. The minimum atomic E-state index is 0.140. The van der Waals surface area contributed by atoms with Crippen LogP contribution in [-0.2, 0) is 12.8 Å². The molecule has 23 heavy (non-hydrogen) atoms. The molecule has 1 aliphatic carbocycles. The summed E-state index contributed by atoms with van der Waals surface area (Å²) in [5.41, 5.74) is 3.96. The van der Waals surface area contributed by atoms with Crippen molar-refractivity contribution in [3.63, 3.8) is 0 Å². The molecule has 0 radical (unpaired) electrons. The average molecular weight is 306 g/mol. The predicted molar refractivity (Wildman–Crippen MR) is 86.7 cm³/mol. The van der Waals surface area contributed by atoms with Gasteiger partial charge >= 0.3 is 0 Å². The van der Waals surface area contributed by atoms with Crippen molar-refractivity contribution < 1.29 is 4.79 Å². The third-order valence-corrected chi connectivity index (χ3v) is 4.46. The number of carbonyl (C=O) groups is 1. The second kappa shape index (κ2) is 5.26. The highest BCUT2D eigenvalue weighted by atomic mass is 16.1. The fourth-order valence-corrected chi connectivity index (χ4v) is 3.24. The normalized spacial score (nSPS) is 17.5. The zero-order valence-corrected chi connectivity index (χ0v) is 13.3. The summed E-state index contributed by atoms with van der Waals surface area (Å²) in [5.74, 6) is 1.67.